The molecule has 0 fully saturated rings. The third-order valence-electron chi connectivity index (χ3n) is 3.25. The standard InChI is InChI=1S/C15H19ClN4O2/c1-3-20(4-2)15(21)17-10-9-13-18-14(19-22-13)11-7-5-6-8-12(11)16/h5-8H,3-4,9-10H2,1-2H3,(H,17,21). The van der Waals surface area contributed by atoms with E-state index in [1.807, 2.05) is 32.0 Å². The molecule has 1 aromatic heterocycles. The zero-order valence-electron chi connectivity index (χ0n) is 12.7. The van der Waals surface area contributed by atoms with Gasteiger partial charge in [-0.15, -0.1) is 0 Å². The summed E-state index contributed by atoms with van der Waals surface area (Å²) in [5, 5.41) is 7.32. The Morgan fingerprint density at radius 2 is 2.05 bits per heavy atom. The zero-order chi connectivity index (χ0) is 15.9. The molecule has 0 spiro atoms. The molecule has 0 aliphatic carbocycles. The fraction of sp³-hybridized carbons (Fsp3) is 0.400. The van der Waals surface area contributed by atoms with Crippen LogP contribution >= 0.6 is 11.6 Å². The van der Waals surface area contributed by atoms with Crippen molar-refractivity contribution >= 4 is 17.6 Å². The fourth-order valence-electron chi connectivity index (χ4n) is 2.01. The molecule has 0 radical (unpaired) electrons. The second-order valence-electron chi connectivity index (χ2n) is 4.65. The lowest BCUT2D eigenvalue weighted by molar-refractivity contribution is 0.203. The first-order chi connectivity index (χ1) is 10.7. The highest BCUT2D eigenvalue weighted by molar-refractivity contribution is 6.33. The number of carbonyl (C=O) groups is 1. The highest BCUT2D eigenvalue weighted by Gasteiger charge is 2.12. The van der Waals surface area contributed by atoms with E-state index in [2.05, 4.69) is 15.5 Å². The van der Waals surface area contributed by atoms with Crippen molar-refractivity contribution in [2.45, 2.75) is 20.3 Å². The van der Waals surface area contributed by atoms with Gasteiger partial charge in [-0.2, -0.15) is 4.98 Å². The first-order valence-electron chi connectivity index (χ1n) is 7.26. The molecule has 0 bridgehead atoms. The summed E-state index contributed by atoms with van der Waals surface area (Å²) in [4.78, 5) is 17.8. The van der Waals surface area contributed by atoms with Crippen molar-refractivity contribution in [1.29, 1.82) is 0 Å². The molecule has 0 saturated heterocycles. The van der Waals surface area contributed by atoms with E-state index >= 15 is 0 Å². The molecule has 0 aliphatic heterocycles. The van der Waals surface area contributed by atoms with Crippen molar-refractivity contribution in [2.75, 3.05) is 19.6 Å². The van der Waals surface area contributed by atoms with Gasteiger partial charge in [-0.25, -0.2) is 4.79 Å². The van der Waals surface area contributed by atoms with Crippen LogP contribution in [0.15, 0.2) is 28.8 Å². The fourth-order valence-corrected chi connectivity index (χ4v) is 2.23. The summed E-state index contributed by atoms with van der Waals surface area (Å²) in [6, 6.07) is 7.23. The number of benzene rings is 1. The van der Waals surface area contributed by atoms with Gasteiger partial charge in [0.15, 0.2) is 0 Å². The molecule has 0 atom stereocenters. The molecule has 2 aromatic rings. The Balaban J connectivity index is 1.91. The average molecular weight is 323 g/mol. The number of hydrogen-bond acceptors (Lipinski definition) is 4. The minimum atomic E-state index is -0.0872. The van der Waals surface area contributed by atoms with Gasteiger partial charge >= 0.3 is 6.03 Å². The van der Waals surface area contributed by atoms with E-state index < -0.39 is 0 Å². The van der Waals surface area contributed by atoms with E-state index in [0.29, 0.717) is 42.8 Å². The second-order valence-corrected chi connectivity index (χ2v) is 5.05. The molecule has 1 aromatic carbocycles. The Kier molecular flexibility index (Phi) is 5.77. The number of rotatable bonds is 6. The average Bonchev–Trinajstić information content (AvgIpc) is 2.97. The van der Waals surface area contributed by atoms with Crippen molar-refractivity contribution in [3.8, 4) is 11.4 Å². The Morgan fingerprint density at radius 1 is 1.32 bits per heavy atom. The maximum absolute atomic E-state index is 11.8. The minimum Gasteiger partial charge on any atom is -0.339 e. The predicted octanol–water partition coefficient (Wildman–Crippen LogP) is 2.98. The van der Waals surface area contributed by atoms with Crippen LogP contribution in [0.3, 0.4) is 0 Å². The number of nitrogens with one attached hydrogen (secondary N) is 1. The lowest BCUT2D eigenvalue weighted by Crippen LogP contribution is -2.40. The molecule has 2 rings (SSSR count). The maximum atomic E-state index is 11.8. The van der Waals surface area contributed by atoms with Crippen LogP contribution in [0.4, 0.5) is 4.79 Å². The third-order valence-corrected chi connectivity index (χ3v) is 3.58. The van der Waals surface area contributed by atoms with Crippen molar-refractivity contribution in [2.24, 2.45) is 0 Å². The number of carbonyl (C=O) groups excluding carboxylic acids is 1. The van der Waals surface area contributed by atoms with Crippen LogP contribution in [0, 0.1) is 0 Å². The summed E-state index contributed by atoms with van der Waals surface area (Å²) in [6.45, 7) is 5.69. The van der Waals surface area contributed by atoms with Gasteiger partial charge in [0.2, 0.25) is 11.7 Å². The Bertz CT molecular complexity index is 626. The van der Waals surface area contributed by atoms with E-state index in [9.17, 15) is 4.79 Å². The van der Waals surface area contributed by atoms with Gasteiger partial charge < -0.3 is 14.7 Å². The maximum Gasteiger partial charge on any atom is 0.317 e. The van der Waals surface area contributed by atoms with Gasteiger partial charge in [0.1, 0.15) is 0 Å². The summed E-state index contributed by atoms with van der Waals surface area (Å²) in [5.74, 6) is 0.922. The van der Waals surface area contributed by atoms with Crippen molar-refractivity contribution in [1.82, 2.24) is 20.4 Å². The van der Waals surface area contributed by atoms with E-state index in [-0.39, 0.29) is 6.03 Å². The highest BCUT2D eigenvalue weighted by Crippen LogP contribution is 2.24. The van der Waals surface area contributed by atoms with Crippen LogP contribution in [0.1, 0.15) is 19.7 Å². The first kappa shape index (κ1) is 16.3. The molecule has 7 heteroatoms. The molecule has 6 nitrogen and oxygen atoms in total. The Labute approximate surface area is 134 Å². The highest BCUT2D eigenvalue weighted by atomic mass is 35.5. The smallest absolute Gasteiger partial charge is 0.317 e. The number of nitrogens with zero attached hydrogens (tertiary/aromatic N) is 3. The van der Waals surface area contributed by atoms with Gasteiger partial charge in [-0.05, 0) is 26.0 Å². The van der Waals surface area contributed by atoms with Gasteiger partial charge in [0, 0.05) is 31.6 Å². The minimum absolute atomic E-state index is 0.0872. The van der Waals surface area contributed by atoms with Crippen LogP contribution in [0.25, 0.3) is 11.4 Å². The second kappa shape index (κ2) is 7.79. The first-order valence-corrected chi connectivity index (χ1v) is 7.63. The van der Waals surface area contributed by atoms with E-state index in [0.717, 1.165) is 5.56 Å². The van der Waals surface area contributed by atoms with Crippen molar-refractivity contribution in [3.63, 3.8) is 0 Å². The number of urea groups is 1. The Hall–Kier alpha value is -2.08. The van der Waals surface area contributed by atoms with Gasteiger partial charge in [0.25, 0.3) is 0 Å². The molecule has 1 heterocycles. The predicted molar refractivity (Wildman–Crippen MR) is 84.8 cm³/mol. The van der Waals surface area contributed by atoms with Crippen LogP contribution < -0.4 is 5.32 Å². The zero-order valence-corrected chi connectivity index (χ0v) is 13.4. The molecule has 0 unspecified atom stereocenters. The molecule has 1 N–H and O–H groups in total. The molecule has 118 valence electrons. The van der Waals surface area contributed by atoms with Crippen molar-refractivity contribution < 1.29 is 9.32 Å². The summed E-state index contributed by atoms with van der Waals surface area (Å²) in [5.41, 5.74) is 0.728. The molecule has 22 heavy (non-hydrogen) atoms. The lowest BCUT2D eigenvalue weighted by atomic mass is 10.2. The van der Waals surface area contributed by atoms with Gasteiger partial charge in [0.05, 0.1) is 5.02 Å². The number of halogens is 1. The monoisotopic (exact) mass is 322 g/mol. The van der Waals surface area contributed by atoms with Crippen molar-refractivity contribution in [3.05, 3.63) is 35.2 Å². The number of hydrogen-bond donors (Lipinski definition) is 1. The quantitative estimate of drug-likeness (QED) is 0.887. The molecule has 0 aliphatic rings. The SMILES string of the molecule is CCN(CC)C(=O)NCCc1nc(-c2ccccc2Cl)no1. The van der Waals surface area contributed by atoms with E-state index in [1.54, 1.807) is 11.0 Å². The summed E-state index contributed by atoms with van der Waals surface area (Å²) in [7, 11) is 0. The van der Waals surface area contributed by atoms with Crippen LogP contribution in [0.5, 0.6) is 0 Å². The van der Waals surface area contributed by atoms with E-state index in [4.69, 9.17) is 16.1 Å². The topological polar surface area (TPSA) is 71.3 Å². The van der Waals surface area contributed by atoms with E-state index in [1.165, 1.54) is 0 Å². The lowest BCUT2D eigenvalue weighted by Gasteiger charge is -2.18. The molecular weight excluding hydrogens is 304 g/mol. The normalized spacial score (nSPS) is 10.5. The molecule has 0 saturated carbocycles. The summed E-state index contributed by atoms with van der Waals surface area (Å²) < 4.78 is 5.18. The molecular formula is C15H19ClN4O2. The largest absolute Gasteiger partial charge is 0.339 e. The third kappa shape index (κ3) is 3.98. The van der Waals surface area contributed by atoms with Gasteiger partial charge in [-0.3, -0.25) is 0 Å². The summed E-state index contributed by atoms with van der Waals surface area (Å²) in [6.07, 6.45) is 0.477. The van der Waals surface area contributed by atoms with Crippen LogP contribution in [-0.4, -0.2) is 40.7 Å². The number of aromatic nitrogens is 2. The van der Waals surface area contributed by atoms with Crippen LogP contribution in [0.2, 0.25) is 5.02 Å². The number of amides is 2. The Morgan fingerprint density at radius 3 is 2.73 bits per heavy atom. The summed E-state index contributed by atoms with van der Waals surface area (Å²) >= 11 is 6.10. The van der Waals surface area contributed by atoms with Crippen LogP contribution in [-0.2, 0) is 6.42 Å². The molecule has 2 amide bonds. The van der Waals surface area contributed by atoms with Gasteiger partial charge in [-0.1, -0.05) is 28.9 Å².